The summed E-state index contributed by atoms with van der Waals surface area (Å²) in [4.78, 5) is 3.36. The van der Waals surface area contributed by atoms with Gasteiger partial charge in [0, 0.05) is 47.7 Å². The van der Waals surface area contributed by atoms with Gasteiger partial charge in [0.15, 0.2) is 5.11 Å². The second-order valence-electron chi connectivity index (χ2n) is 6.57. The summed E-state index contributed by atoms with van der Waals surface area (Å²) in [5.74, 6) is 0.0623. The van der Waals surface area contributed by atoms with Crippen molar-refractivity contribution in [1.29, 1.82) is 0 Å². The van der Waals surface area contributed by atoms with E-state index in [0.29, 0.717) is 18.3 Å². The van der Waals surface area contributed by atoms with Crippen LogP contribution in [0.15, 0.2) is 54.7 Å². The predicted octanol–water partition coefficient (Wildman–Crippen LogP) is 4.45. The van der Waals surface area contributed by atoms with Gasteiger partial charge in [-0.25, -0.2) is 0 Å². The summed E-state index contributed by atoms with van der Waals surface area (Å²) in [6, 6.07) is 16.4. The SMILES string of the molecule is COC[C@H](C)NC(=S)NC[C@H](c1ccccc1Cl)c1c[nH]c2ccccc12. The summed E-state index contributed by atoms with van der Waals surface area (Å²) < 4.78 is 5.15. The van der Waals surface area contributed by atoms with Crippen molar-refractivity contribution in [2.45, 2.75) is 18.9 Å². The average Bonchev–Trinajstić information content (AvgIpc) is 3.07. The number of halogens is 1. The van der Waals surface area contributed by atoms with E-state index < -0.39 is 0 Å². The first-order valence-corrected chi connectivity index (χ1v) is 9.72. The molecule has 0 bridgehead atoms. The Balaban J connectivity index is 1.85. The number of hydrogen-bond donors (Lipinski definition) is 3. The molecule has 0 unspecified atom stereocenters. The van der Waals surface area contributed by atoms with Gasteiger partial charge in [-0.1, -0.05) is 48.0 Å². The summed E-state index contributed by atoms with van der Waals surface area (Å²) in [6.45, 7) is 3.26. The molecule has 0 radical (unpaired) electrons. The molecular weight excluding hydrogens is 378 g/mol. The van der Waals surface area contributed by atoms with Crippen molar-refractivity contribution >= 4 is 39.8 Å². The molecule has 2 atom stereocenters. The lowest BCUT2D eigenvalue weighted by atomic mass is 9.91. The first kappa shape index (κ1) is 19.7. The van der Waals surface area contributed by atoms with Gasteiger partial charge < -0.3 is 20.4 Å². The van der Waals surface area contributed by atoms with Gasteiger partial charge in [0.25, 0.3) is 0 Å². The molecule has 0 aliphatic rings. The molecule has 0 spiro atoms. The van der Waals surface area contributed by atoms with E-state index in [4.69, 9.17) is 28.6 Å². The summed E-state index contributed by atoms with van der Waals surface area (Å²) in [7, 11) is 1.68. The number of H-pyrrole nitrogens is 1. The lowest BCUT2D eigenvalue weighted by Crippen LogP contribution is -2.43. The minimum Gasteiger partial charge on any atom is -0.383 e. The topological polar surface area (TPSA) is 49.1 Å². The third kappa shape index (κ3) is 4.80. The number of aromatic amines is 1. The third-order valence-corrected chi connectivity index (χ3v) is 5.14. The Morgan fingerprint density at radius 1 is 1.15 bits per heavy atom. The van der Waals surface area contributed by atoms with E-state index in [1.165, 1.54) is 10.9 Å². The largest absolute Gasteiger partial charge is 0.383 e. The lowest BCUT2D eigenvalue weighted by Gasteiger charge is -2.22. The normalized spacial score (nSPS) is 13.3. The molecule has 0 amide bonds. The first-order valence-electron chi connectivity index (χ1n) is 8.94. The summed E-state index contributed by atoms with van der Waals surface area (Å²) >= 11 is 12.0. The molecule has 4 nitrogen and oxygen atoms in total. The molecule has 0 saturated carbocycles. The molecule has 0 fully saturated rings. The van der Waals surface area contributed by atoms with E-state index in [2.05, 4.69) is 46.1 Å². The van der Waals surface area contributed by atoms with Gasteiger partial charge in [0.2, 0.25) is 0 Å². The van der Waals surface area contributed by atoms with Crippen LogP contribution in [0.3, 0.4) is 0 Å². The maximum absolute atomic E-state index is 6.52. The number of fused-ring (bicyclic) bond motifs is 1. The molecule has 0 aliphatic carbocycles. The number of thiocarbonyl (C=S) groups is 1. The third-order valence-electron chi connectivity index (χ3n) is 4.54. The number of para-hydroxylation sites is 1. The number of hydrogen-bond acceptors (Lipinski definition) is 2. The van der Waals surface area contributed by atoms with Crippen LogP contribution in [-0.2, 0) is 4.74 Å². The van der Waals surface area contributed by atoms with Gasteiger partial charge in [0.05, 0.1) is 6.61 Å². The van der Waals surface area contributed by atoms with Gasteiger partial charge in [-0.05, 0) is 42.4 Å². The standard InChI is InChI=1S/C21H24ClN3OS/c1-14(13-26-2)25-21(27)24-12-17(15-7-3-5-9-19(15)22)18-11-23-20-10-6-4-8-16(18)20/h3-11,14,17,23H,12-13H2,1-2H3,(H2,24,25,27)/t14-,17+/m0/s1. The van der Waals surface area contributed by atoms with Crippen LogP contribution in [-0.4, -0.2) is 36.4 Å². The van der Waals surface area contributed by atoms with Gasteiger partial charge >= 0.3 is 0 Å². The smallest absolute Gasteiger partial charge is 0.166 e. The highest BCUT2D eigenvalue weighted by molar-refractivity contribution is 7.80. The van der Waals surface area contributed by atoms with Crippen molar-refractivity contribution in [3.8, 4) is 0 Å². The van der Waals surface area contributed by atoms with Crippen molar-refractivity contribution in [2.75, 3.05) is 20.3 Å². The van der Waals surface area contributed by atoms with E-state index >= 15 is 0 Å². The van der Waals surface area contributed by atoms with E-state index in [9.17, 15) is 0 Å². The minimum atomic E-state index is 0.0623. The van der Waals surface area contributed by atoms with Crippen LogP contribution in [0.25, 0.3) is 10.9 Å². The molecular formula is C21H24ClN3OS. The maximum atomic E-state index is 6.52. The number of nitrogens with one attached hydrogen (secondary N) is 3. The average molecular weight is 402 g/mol. The van der Waals surface area contributed by atoms with Gasteiger partial charge in [-0.3, -0.25) is 0 Å². The molecule has 3 N–H and O–H groups in total. The number of benzene rings is 2. The minimum absolute atomic E-state index is 0.0623. The van der Waals surface area contributed by atoms with Crippen molar-refractivity contribution in [2.24, 2.45) is 0 Å². The zero-order chi connectivity index (χ0) is 19.2. The zero-order valence-electron chi connectivity index (χ0n) is 15.5. The first-order chi connectivity index (χ1) is 13.1. The van der Waals surface area contributed by atoms with Crippen LogP contribution in [0.5, 0.6) is 0 Å². The Hall–Kier alpha value is -2.08. The van der Waals surface area contributed by atoms with Crippen molar-refractivity contribution in [3.05, 3.63) is 70.9 Å². The molecule has 142 valence electrons. The van der Waals surface area contributed by atoms with Gasteiger partial charge in [-0.15, -0.1) is 0 Å². The molecule has 2 aromatic carbocycles. The van der Waals surface area contributed by atoms with Gasteiger partial charge in [0.1, 0.15) is 0 Å². The molecule has 6 heteroatoms. The number of aromatic nitrogens is 1. The summed E-state index contributed by atoms with van der Waals surface area (Å²) in [6.07, 6.45) is 2.06. The number of methoxy groups -OCH3 is 1. The van der Waals surface area contributed by atoms with E-state index in [0.717, 1.165) is 16.1 Å². The van der Waals surface area contributed by atoms with E-state index in [1.54, 1.807) is 7.11 Å². The highest BCUT2D eigenvalue weighted by Gasteiger charge is 2.20. The second kappa shape index (κ2) is 9.22. The molecule has 27 heavy (non-hydrogen) atoms. The second-order valence-corrected chi connectivity index (χ2v) is 7.39. The van der Waals surface area contributed by atoms with Crippen LogP contribution < -0.4 is 10.6 Å². The molecule has 3 aromatic rings. The molecule has 0 aliphatic heterocycles. The quantitative estimate of drug-likeness (QED) is 0.512. The van der Waals surface area contributed by atoms with E-state index in [1.807, 2.05) is 31.2 Å². The Bertz CT molecular complexity index is 911. The fourth-order valence-electron chi connectivity index (χ4n) is 3.29. The number of rotatable bonds is 7. The maximum Gasteiger partial charge on any atom is 0.166 e. The zero-order valence-corrected chi connectivity index (χ0v) is 17.0. The van der Waals surface area contributed by atoms with Crippen molar-refractivity contribution in [1.82, 2.24) is 15.6 Å². The molecule has 1 aromatic heterocycles. The highest BCUT2D eigenvalue weighted by Crippen LogP contribution is 2.33. The van der Waals surface area contributed by atoms with Gasteiger partial charge in [-0.2, -0.15) is 0 Å². The van der Waals surface area contributed by atoms with Crippen LogP contribution in [0.4, 0.5) is 0 Å². The fraction of sp³-hybridized carbons (Fsp3) is 0.286. The predicted molar refractivity (Wildman–Crippen MR) is 117 cm³/mol. The molecule has 3 rings (SSSR count). The fourth-order valence-corrected chi connectivity index (χ4v) is 3.84. The Kier molecular flexibility index (Phi) is 6.72. The van der Waals surface area contributed by atoms with Crippen LogP contribution in [0.2, 0.25) is 5.02 Å². The molecule has 0 saturated heterocycles. The molecule has 1 heterocycles. The van der Waals surface area contributed by atoms with Crippen LogP contribution in [0.1, 0.15) is 24.0 Å². The summed E-state index contributed by atoms with van der Waals surface area (Å²) in [5, 5.41) is 9.13. The Labute approximate surface area is 170 Å². The van der Waals surface area contributed by atoms with E-state index in [-0.39, 0.29) is 12.0 Å². The number of ether oxygens (including phenoxy) is 1. The van der Waals surface area contributed by atoms with Crippen molar-refractivity contribution in [3.63, 3.8) is 0 Å². The van der Waals surface area contributed by atoms with Crippen LogP contribution in [0, 0.1) is 0 Å². The Morgan fingerprint density at radius 3 is 2.67 bits per heavy atom. The summed E-state index contributed by atoms with van der Waals surface area (Å²) in [5.41, 5.74) is 3.38. The van der Waals surface area contributed by atoms with Crippen LogP contribution >= 0.6 is 23.8 Å². The monoisotopic (exact) mass is 401 g/mol. The lowest BCUT2D eigenvalue weighted by molar-refractivity contribution is 0.179. The Morgan fingerprint density at radius 2 is 1.89 bits per heavy atom. The highest BCUT2D eigenvalue weighted by atomic mass is 35.5. The van der Waals surface area contributed by atoms with Crippen molar-refractivity contribution < 1.29 is 4.74 Å².